The van der Waals surface area contributed by atoms with E-state index in [1.165, 1.54) is 141 Å². The summed E-state index contributed by atoms with van der Waals surface area (Å²) in [6.45, 7) is 5.21. The zero-order valence-corrected chi connectivity index (χ0v) is 35.7. The Morgan fingerprint density at radius 1 is 0.463 bits per heavy atom. The van der Waals surface area contributed by atoms with Gasteiger partial charge in [0.05, 0.1) is 13.2 Å². The van der Waals surface area contributed by atoms with Crippen LogP contribution in [0, 0.1) is 0 Å². The Morgan fingerprint density at radius 3 is 1.28 bits per heavy atom. The minimum absolute atomic E-state index is 0.179. The first-order valence-electron chi connectivity index (χ1n) is 23.0. The van der Waals surface area contributed by atoms with Gasteiger partial charge in [0.1, 0.15) is 6.10 Å². The first-order chi connectivity index (χ1) is 26.7. The lowest BCUT2D eigenvalue weighted by Gasteiger charge is -2.16. The van der Waals surface area contributed by atoms with E-state index in [-0.39, 0.29) is 19.2 Å². The third-order valence-corrected chi connectivity index (χ3v) is 9.77. The molecule has 1 N–H and O–H groups in total. The van der Waals surface area contributed by atoms with Crippen LogP contribution < -0.4 is 0 Å². The van der Waals surface area contributed by atoms with E-state index in [1.54, 1.807) is 0 Å². The van der Waals surface area contributed by atoms with Crippen LogP contribution in [0.4, 0.5) is 0 Å². The molecular formula is C50H88O4. The molecule has 4 heteroatoms. The Labute approximate surface area is 336 Å². The van der Waals surface area contributed by atoms with Gasteiger partial charge in [-0.15, -0.1) is 0 Å². The average Bonchev–Trinajstić information content (AvgIpc) is 3.18. The van der Waals surface area contributed by atoms with Gasteiger partial charge < -0.3 is 14.6 Å². The van der Waals surface area contributed by atoms with Crippen molar-refractivity contribution in [2.45, 2.75) is 219 Å². The zero-order valence-electron chi connectivity index (χ0n) is 35.7. The third-order valence-electron chi connectivity index (χ3n) is 9.77. The van der Waals surface area contributed by atoms with Crippen LogP contribution in [0.2, 0.25) is 0 Å². The summed E-state index contributed by atoms with van der Waals surface area (Å²) in [6.07, 6.45) is 64.0. The summed E-state index contributed by atoms with van der Waals surface area (Å²) >= 11 is 0. The van der Waals surface area contributed by atoms with E-state index in [0.29, 0.717) is 13.0 Å². The number of unbranched alkanes of at least 4 members (excludes halogenated alkanes) is 22. The van der Waals surface area contributed by atoms with Crippen LogP contribution in [0.15, 0.2) is 72.9 Å². The Morgan fingerprint density at radius 2 is 0.833 bits per heavy atom. The van der Waals surface area contributed by atoms with Gasteiger partial charge in [-0.3, -0.25) is 4.79 Å². The third kappa shape index (κ3) is 44.2. The predicted molar refractivity (Wildman–Crippen MR) is 237 cm³/mol. The van der Waals surface area contributed by atoms with Crippen LogP contribution >= 0.6 is 0 Å². The van der Waals surface area contributed by atoms with Gasteiger partial charge in [-0.2, -0.15) is 0 Å². The highest BCUT2D eigenvalue weighted by molar-refractivity contribution is 5.69. The summed E-state index contributed by atoms with van der Waals surface area (Å²) in [7, 11) is 0. The lowest BCUT2D eigenvalue weighted by Crippen LogP contribution is -2.27. The van der Waals surface area contributed by atoms with Crippen LogP contribution in [0.25, 0.3) is 0 Å². The molecule has 0 aliphatic carbocycles. The van der Waals surface area contributed by atoms with Crippen molar-refractivity contribution in [3.05, 3.63) is 72.9 Å². The standard InChI is InChI=1S/C50H88O4/c1-3-5-7-9-11-13-15-17-19-21-23-24-25-26-27-28-30-32-34-36-38-40-42-44-46-53-48-49(47-51)54-50(52)45-43-41-39-37-35-33-31-29-22-20-18-16-14-12-10-8-6-4-2/h5,7,11,13,17,19-20,22-24,26-27,49,51H,3-4,6,8-10,12,14-16,18,21,25,28-48H2,1-2H3/b7-5-,13-11-,19-17-,22-20-,24-23-,27-26-. The molecule has 54 heavy (non-hydrogen) atoms. The lowest BCUT2D eigenvalue weighted by atomic mass is 10.1. The number of rotatable bonds is 42. The maximum absolute atomic E-state index is 12.2. The SMILES string of the molecule is CC/C=C\C/C=C\C/C=C\C/C=C\C/C=C\CCCCCCCCCCOCC(CO)OC(=O)CCCCCCCCC/C=C\CCCCCCCCC. The largest absolute Gasteiger partial charge is 0.457 e. The molecule has 0 aromatic heterocycles. The molecule has 0 bridgehead atoms. The van der Waals surface area contributed by atoms with Gasteiger partial charge in [0.25, 0.3) is 0 Å². The van der Waals surface area contributed by atoms with Crippen molar-refractivity contribution in [3.63, 3.8) is 0 Å². The van der Waals surface area contributed by atoms with Gasteiger partial charge >= 0.3 is 5.97 Å². The molecule has 0 aliphatic rings. The molecule has 1 atom stereocenters. The van der Waals surface area contributed by atoms with Gasteiger partial charge in [-0.25, -0.2) is 0 Å². The maximum Gasteiger partial charge on any atom is 0.306 e. The number of allylic oxidation sites excluding steroid dienone is 12. The Balaban J connectivity index is 3.47. The van der Waals surface area contributed by atoms with E-state index in [4.69, 9.17) is 9.47 Å². The molecule has 0 saturated heterocycles. The molecule has 0 aromatic carbocycles. The van der Waals surface area contributed by atoms with Crippen LogP contribution in [-0.2, 0) is 14.3 Å². The molecule has 0 aliphatic heterocycles. The molecule has 312 valence electrons. The first kappa shape index (κ1) is 51.8. The summed E-state index contributed by atoms with van der Waals surface area (Å²) in [5.74, 6) is -0.209. The second kappa shape index (κ2) is 47.0. The molecule has 0 rings (SSSR count). The molecule has 0 heterocycles. The highest BCUT2D eigenvalue weighted by atomic mass is 16.6. The van der Waals surface area contributed by atoms with Gasteiger partial charge in [-0.1, -0.05) is 196 Å². The van der Waals surface area contributed by atoms with Crippen molar-refractivity contribution >= 4 is 5.97 Å². The summed E-state index contributed by atoms with van der Waals surface area (Å²) in [6, 6.07) is 0. The van der Waals surface area contributed by atoms with Crippen LogP contribution in [0.5, 0.6) is 0 Å². The smallest absolute Gasteiger partial charge is 0.306 e. The number of carbonyl (C=O) groups excluding carboxylic acids is 1. The van der Waals surface area contributed by atoms with E-state index in [0.717, 1.165) is 51.4 Å². The summed E-state index contributed by atoms with van der Waals surface area (Å²) < 4.78 is 11.2. The number of carbonyl (C=O) groups is 1. The summed E-state index contributed by atoms with van der Waals surface area (Å²) in [5, 5.41) is 9.62. The minimum Gasteiger partial charge on any atom is -0.457 e. The second-order valence-corrected chi connectivity index (χ2v) is 15.1. The molecular weight excluding hydrogens is 665 g/mol. The van der Waals surface area contributed by atoms with E-state index in [2.05, 4.69) is 86.8 Å². The van der Waals surface area contributed by atoms with Gasteiger partial charge in [0.15, 0.2) is 0 Å². The zero-order chi connectivity index (χ0) is 39.1. The number of ether oxygens (including phenoxy) is 2. The van der Waals surface area contributed by atoms with E-state index in [1.807, 2.05) is 0 Å². The van der Waals surface area contributed by atoms with E-state index < -0.39 is 6.10 Å². The van der Waals surface area contributed by atoms with Crippen molar-refractivity contribution in [2.75, 3.05) is 19.8 Å². The topological polar surface area (TPSA) is 55.8 Å². The fraction of sp³-hybridized carbons (Fsp3) is 0.740. The molecule has 0 aromatic rings. The molecule has 0 fully saturated rings. The maximum atomic E-state index is 12.2. The number of aliphatic hydroxyl groups is 1. The number of hydrogen-bond acceptors (Lipinski definition) is 4. The fourth-order valence-corrected chi connectivity index (χ4v) is 6.35. The summed E-state index contributed by atoms with van der Waals surface area (Å²) in [4.78, 5) is 12.2. The Bertz CT molecular complexity index is 927. The van der Waals surface area contributed by atoms with E-state index in [9.17, 15) is 9.90 Å². The van der Waals surface area contributed by atoms with Gasteiger partial charge in [-0.05, 0) is 83.5 Å². The quantitative estimate of drug-likeness (QED) is 0.0383. The number of aliphatic hydroxyl groups excluding tert-OH is 1. The molecule has 0 saturated carbocycles. The highest BCUT2D eigenvalue weighted by Gasteiger charge is 2.13. The molecule has 0 spiro atoms. The van der Waals surface area contributed by atoms with Crippen molar-refractivity contribution in [3.8, 4) is 0 Å². The highest BCUT2D eigenvalue weighted by Crippen LogP contribution is 2.13. The normalized spacial score (nSPS) is 13.0. The predicted octanol–water partition coefficient (Wildman–Crippen LogP) is 15.4. The number of esters is 1. The van der Waals surface area contributed by atoms with Crippen molar-refractivity contribution in [2.24, 2.45) is 0 Å². The van der Waals surface area contributed by atoms with E-state index >= 15 is 0 Å². The Kier molecular flexibility index (Phi) is 45.1. The first-order valence-corrected chi connectivity index (χ1v) is 23.0. The molecule has 0 amide bonds. The molecule has 1 unspecified atom stereocenters. The summed E-state index contributed by atoms with van der Waals surface area (Å²) in [5.41, 5.74) is 0. The molecule has 0 radical (unpaired) electrons. The number of hydrogen-bond donors (Lipinski definition) is 1. The Hall–Kier alpha value is -2.17. The average molecular weight is 753 g/mol. The van der Waals surface area contributed by atoms with Crippen LogP contribution in [-0.4, -0.2) is 37.0 Å². The van der Waals surface area contributed by atoms with Crippen molar-refractivity contribution in [1.29, 1.82) is 0 Å². The van der Waals surface area contributed by atoms with Gasteiger partial charge in [0.2, 0.25) is 0 Å². The van der Waals surface area contributed by atoms with Gasteiger partial charge in [0, 0.05) is 13.0 Å². The van der Waals surface area contributed by atoms with Crippen molar-refractivity contribution in [1.82, 2.24) is 0 Å². The fourth-order valence-electron chi connectivity index (χ4n) is 6.35. The van der Waals surface area contributed by atoms with Crippen LogP contribution in [0.3, 0.4) is 0 Å². The molecule has 4 nitrogen and oxygen atoms in total. The lowest BCUT2D eigenvalue weighted by molar-refractivity contribution is -0.154. The second-order valence-electron chi connectivity index (χ2n) is 15.1. The van der Waals surface area contributed by atoms with Crippen LogP contribution in [0.1, 0.15) is 213 Å². The minimum atomic E-state index is -0.545. The van der Waals surface area contributed by atoms with Crippen molar-refractivity contribution < 1.29 is 19.4 Å². The monoisotopic (exact) mass is 753 g/mol.